The smallest absolute Gasteiger partial charge is 0.183 e. The largest absolute Gasteiger partial charge is 0.479 e. The fourth-order valence-electron chi connectivity index (χ4n) is 8.09. The van der Waals surface area contributed by atoms with E-state index in [-0.39, 0.29) is 12.1 Å². The Morgan fingerprint density at radius 1 is 0.529 bits per heavy atom. The summed E-state index contributed by atoms with van der Waals surface area (Å²) in [5.41, 5.74) is 9.96. The van der Waals surface area contributed by atoms with Crippen LogP contribution < -0.4 is 14.5 Å². The van der Waals surface area contributed by atoms with Crippen molar-refractivity contribution in [3.63, 3.8) is 0 Å². The first-order valence-corrected chi connectivity index (χ1v) is 18.1. The van der Waals surface area contributed by atoms with E-state index in [0.717, 1.165) is 50.9 Å². The Bertz CT molecular complexity index is 2750. The molecule has 7 aromatic carbocycles. The van der Waals surface area contributed by atoms with Crippen molar-refractivity contribution < 1.29 is 9.15 Å². The summed E-state index contributed by atoms with van der Waals surface area (Å²) in [7, 11) is 0. The Morgan fingerprint density at radius 3 is 2.02 bits per heavy atom. The van der Waals surface area contributed by atoms with Gasteiger partial charge in [0.15, 0.2) is 11.9 Å². The molecule has 0 bridgehead atoms. The van der Waals surface area contributed by atoms with E-state index in [1.807, 2.05) is 29.5 Å². The van der Waals surface area contributed by atoms with Gasteiger partial charge in [0.25, 0.3) is 0 Å². The molecule has 51 heavy (non-hydrogen) atoms. The van der Waals surface area contributed by atoms with Crippen molar-refractivity contribution in [2.75, 3.05) is 9.80 Å². The van der Waals surface area contributed by atoms with Crippen molar-refractivity contribution in [1.82, 2.24) is 0 Å². The molecule has 2 aliphatic heterocycles. The van der Waals surface area contributed by atoms with Crippen molar-refractivity contribution in [3.05, 3.63) is 181 Å². The molecular weight excluding hydrogens is 645 g/mol. The van der Waals surface area contributed by atoms with Crippen LogP contribution in [0.2, 0.25) is 0 Å². The van der Waals surface area contributed by atoms with Gasteiger partial charge >= 0.3 is 0 Å². The third-order valence-corrected chi connectivity index (χ3v) is 11.5. The van der Waals surface area contributed by atoms with Gasteiger partial charge in [0.1, 0.15) is 17.4 Å². The predicted octanol–water partition coefficient (Wildman–Crippen LogP) is 13.3. The summed E-state index contributed by atoms with van der Waals surface area (Å²) in [6, 6.07) is 60.6. The van der Waals surface area contributed by atoms with Crippen molar-refractivity contribution in [2.24, 2.45) is 0 Å². The number of anilines is 5. The maximum atomic E-state index is 6.57. The van der Waals surface area contributed by atoms with Crippen LogP contribution in [-0.2, 0) is 0 Å². The molecule has 0 saturated carbocycles. The minimum atomic E-state index is -0.211. The highest BCUT2D eigenvalue weighted by Gasteiger charge is 2.50. The van der Waals surface area contributed by atoms with Crippen LogP contribution >= 0.6 is 11.3 Å². The zero-order chi connectivity index (χ0) is 33.5. The zero-order valence-corrected chi connectivity index (χ0v) is 28.3. The average molecular weight is 675 g/mol. The molecule has 2 unspecified atom stereocenters. The minimum Gasteiger partial charge on any atom is -0.479 e. The van der Waals surface area contributed by atoms with Crippen LogP contribution in [0.15, 0.2) is 174 Å². The highest BCUT2D eigenvalue weighted by Crippen LogP contribution is 2.61. The Labute approximate surface area is 299 Å². The first kappa shape index (κ1) is 28.5. The van der Waals surface area contributed by atoms with Crippen molar-refractivity contribution in [3.8, 4) is 16.9 Å². The van der Waals surface area contributed by atoms with Crippen LogP contribution in [0.5, 0.6) is 5.75 Å². The van der Waals surface area contributed by atoms with Crippen LogP contribution in [0.4, 0.5) is 28.4 Å². The SMILES string of the molecule is c1ccc(-c2ccc(N(c3ccc(N4c5c(oc6ccccc56)C5Oc6ccccc6C54)cc3)c3ccc4c(c3)sc3ccccc34)cc2)cc1. The Balaban J connectivity index is 1.04. The normalized spacial score (nSPS) is 16.0. The highest BCUT2D eigenvalue weighted by atomic mass is 32.1. The second-order valence-corrected chi connectivity index (χ2v) is 14.3. The van der Waals surface area contributed by atoms with Gasteiger partial charge < -0.3 is 19.0 Å². The molecule has 0 radical (unpaired) electrons. The molecule has 5 heteroatoms. The second-order valence-electron chi connectivity index (χ2n) is 13.2. The third kappa shape index (κ3) is 4.38. The number of fused-ring (bicyclic) bond motifs is 10. The van der Waals surface area contributed by atoms with E-state index in [4.69, 9.17) is 9.15 Å². The molecule has 4 nitrogen and oxygen atoms in total. The standard InChI is InChI=1S/C46H30N2O2S/c1-2-10-29(11-3-1)30-18-20-31(21-19-30)47(34-26-27-36-35-12-6-9-17-41(35)51-42(36)28-34)32-22-24-33(25-23-32)48-43-37-13-4-7-15-39(37)49-45(43)46-44(48)38-14-5-8-16-40(38)50-46/h1-28,43,45H. The summed E-state index contributed by atoms with van der Waals surface area (Å²) in [4.78, 5) is 4.78. The first-order valence-electron chi connectivity index (χ1n) is 17.3. The molecular formula is C46H30N2O2S. The molecule has 0 aliphatic carbocycles. The lowest BCUT2D eigenvalue weighted by atomic mass is 10.0. The Kier molecular flexibility index (Phi) is 6.21. The number of thiophene rings is 1. The van der Waals surface area contributed by atoms with Crippen molar-refractivity contribution in [1.29, 1.82) is 0 Å². The molecule has 0 spiro atoms. The fraction of sp³-hybridized carbons (Fsp3) is 0.0435. The van der Waals surface area contributed by atoms with Crippen LogP contribution in [0.25, 0.3) is 42.3 Å². The van der Waals surface area contributed by atoms with Crippen LogP contribution in [0, 0.1) is 0 Å². The fourth-order valence-corrected chi connectivity index (χ4v) is 9.22. The summed E-state index contributed by atoms with van der Waals surface area (Å²) in [5, 5.41) is 3.70. The molecule has 11 rings (SSSR count). The number of hydrogen-bond donors (Lipinski definition) is 0. The van der Waals surface area contributed by atoms with Crippen molar-refractivity contribution in [2.45, 2.75) is 12.1 Å². The van der Waals surface area contributed by atoms with Gasteiger partial charge in [-0.3, -0.25) is 0 Å². The van der Waals surface area contributed by atoms with E-state index in [2.05, 4.69) is 161 Å². The molecule has 2 aliphatic rings. The molecule has 0 amide bonds. The van der Waals surface area contributed by atoms with Crippen LogP contribution in [0.1, 0.15) is 23.5 Å². The van der Waals surface area contributed by atoms with Gasteiger partial charge in [0.2, 0.25) is 0 Å². The average Bonchev–Trinajstić information content (AvgIpc) is 3.94. The first-order chi connectivity index (χ1) is 25.3. The lowest BCUT2D eigenvalue weighted by Gasteiger charge is -2.29. The highest BCUT2D eigenvalue weighted by molar-refractivity contribution is 7.25. The molecule has 242 valence electrons. The Morgan fingerprint density at radius 2 is 1.18 bits per heavy atom. The molecule has 4 heterocycles. The van der Waals surface area contributed by atoms with Gasteiger partial charge in [-0.15, -0.1) is 11.3 Å². The van der Waals surface area contributed by atoms with E-state index >= 15 is 0 Å². The summed E-state index contributed by atoms with van der Waals surface area (Å²) >= 11 is 1.85. The van der Waals surface area contributed by atoms with Gasteiger partial charge in [-0.2, -0.15) is 0 Å². The van der Waals surface area contributed by atoms with E-state index < -0.39 is 0 Å². The van der Waals surface area contributed by atoms with Crippen molar-refractivity contribution >= 4 is 70.9 Å². The summed E-state index contributed by atoms with van der Waals surface area (Å²) in [5.74, 6) is 1.81. The maximum Gasteiger partial charge on any atom is 0.183 e. The van der Waals surface area contributed by atoms with E-state index in [1.54, 1.807) is 0 Å². The number of rotatable bonds is 5. The van der Waals surface area contributed by atoms with E-state index in [1.165, 1.54) is 36.9 Å². The van der Waals surface area contributed by atoms with Gasteiger partial charge in [-0.05, 0) is 83.9 Å². The number of ether oxygens (including phenoxy) is 1. The lowest BCUT2D eigenvalue weighted by molar-refractivity contribution is 0.196. The Hall–Kier alpha value is -6.30. The predicted molar refractivity (Wildman–Crippen MR) is 210 cm³/mol. The van der Waals surface area contributed by atoms with Crippen LogP contribution in [-0.4, -0.2) is 0 Å². The van der Waals surface area contributed by atoms with Gasteiger partial charge in [-0.25, -0.2) is 0 Å². The third-order valence-electron chi connectivity index (χ3n) is 10.4. The molecule has 2 atom stereocenters. The zero-order valence-electron chi connectivity index (χ0n) is 27.4. The number of furan rings is 1. The monoisotopic (exact) mass is 674 g/mol. The molecule has 9 aromatic rings. The minimum absolute atomic E-state index is 0.0117. The van der Waals surface area contributed by atoms with Gasteiger partial charge in [0.05, 0.1) is 5.69 Å². The molecule has 0 fully saturated rings. The van der Waals surface area contributed by atoms with Crippen LogP contribution in [0.3, 0.4) is 0 Å². The number of benzene rings is 7. The molecule has 2 aromatic heterocycles. The number of para-hydroxylation sites is 2. The molecule has 0 saturated heterocycles. The lowest BCUT2D eigenvalue weighted by Crippen LogP contribution is -2.20. The van der Waals surface area contributed by atoms with E-state index in [9.17, 15) is 0 Å². The summed E-state index contributed by atoms with van der Waals surface area (Å²) in [6.07, 6.45) is -0.211. The number of hydrogen-bond acceptors (Lipinski definition) is 5. The molecule has 0 N–H and O–H groups in total. The second kappa shape index (κ2) is 11.1. The van der Waals surface area contributed by atoms with Gasteiger partial charge in [-0.1, -0.05) is 97.1 Å². The number of nitrogens with zero attached hydrogens (tertiary/aromatic N) is 2. The maximum absolute atomic E-state index is 6.57. The summed E-state index contributed by atoms with van der Waals surface area (Å²) in [6.45, 7) is 0. The van der Waals surface area contributed by atoms with Gasteiger partial charge in [0, 0.05) is 53.9 Å². The quantitative estimate of drug-likeness (QED) is 0.182. The summed E-state index contributed by atoms with van der Waals surface area (Å²) < 4.78 is 15.7. The topological polar surface area (TPSA) is 28.9 Å². The van der Waals surface area contributed by atoms with E-state index in [0.29, 0.717) is 0 Å².